The molecule has 0 bridgehead atoms. The second kappa shape index (κ2) is 6.63. The lowest BCUT2D eigenvalue weighted by molar-refractivity contribution is -0.136. The first-order valence-corrected chi connectivity index (χ1v) is 8.75. The fourth-order valence-electron chi connectivity index (χ4n) is 3.56. The van der Waals surface area contributed by atoms with Crippen LogP contribution in [0, 0.1) is 5.92 Å². The molecular weight excluding hydrogens is 300 g/mol. The average Bonchev–Trinajstić information content (AvgIpc) is 3.04. The Hall–Kier alpha value is -2.36. The van der Waals surface area contributed by atoms with Crippen molar-refractivity contribution in [1.29, 1.82) is 0 Å². The van der Waals surface area contributed by atoms with Crippen molar-refractivity contribution in [3.63, 3.8) is 0 Å². The van der Waals surface area contributed by atoms with Crippen molar-refractivity contribution in [2.75, 3.05) is 6.54 Å². The normalized spacial score (nSPS) is 20.0. The third kappa shape index (κ3) is 3.14. The summed E-state index contributed by atoms with van der Waals surface area (Å²) < 4.78 is 5.92. The van der Waals surface area contributed by atoms with Crippen LogP contribution in [0.15, 0.2) is 46.9 Å². The molecule has 124 valence electrons. The van der Waals surface area contributed by atoms with Crippen LogP contribution in [0.4, 0.5) is 0 Å². The van der Waals surface area contributed by atoms with E-state index >= 15 is 0 Å². The Bertz CT molecular complexity index is 748. The summed E-state index contributed by atoms with van der Waals surface area (Å²) in [4.78, 5) is 19.3. The van der Waals surface area contributed by atoms with E-state index in [9.17, 15) is 4.79 Å². The van der Waals surface area contributed by atoms with Gasteiger partial charge in [-0.3, -0.25) is 4.79 Å². The maximum atomic E-state index is 12.7. The highest BCUT2D eigenvalue weighted by Crippen LogP contribution is 2.26. The number of amides is 1. The number of oxazole rings is 1. The van der Waals surface area contributed by atoms with Gasteiger partial charge in [-0.1, -0.05) is 42.5 Å². The topological polar surface area (TPSA) is 46.3 Å². The van der Waals surface area contributed by atoms with E-state index in [4.69, 9.17) is 4.42 Å². The number of benzene rings is 1. The van der Waals surface area contributed by atoms with Crippen molar-refractivity contribution < 1.29 is 9.21 Å². The predicted molar refractivity (Wildman–Crippen MR) is 91.4 cm³/mol. The fourth-order valence-corrected chi connectivity index (χ4v) is 3.56. The van der Waals surface area contributed by atoms with Crippen LogP contribution in [0.25, 0.3) is 0 Å². The minimum Gasteiger partial charge on any atom is -0.445 e. The van der Waals surface area contributed by atoms with Crippen LogP contribution in [0.2, 0.25) is 0 Å². The van der Waals surface area contributed by atoms with E-state index < -0.39 is 0 Å². The van der Waals surface area contributed by atoms with Crippen molar-refractivity contribution in [2.24, 2.45) is 5.92 Å². The van der Waals surface area contributed by atoms with Gasteiger partial charge in [-0.2, -0.15) is 0 Å². The molecule has 0 radical (unpaired) electrons. The lowest BCUT2D eigenvalue weighted by Crippen LogP contribution is -2.39. The van der Waals surface area contributed by atoms with E-state index in [0.717, 1.165) is 49.6 Å². The number of nitrogens with zero attached hydrogens (tertiary/aromatic N) is 2. The summed E-state index contributed by atoms with van der Waals surface area (Å²) in [5, 5.41) is 0. The van der Waals surface area contributed by atoms with Crippen LogP contribution in [0.3, 0.4) is 0 Å². The van der Waals surface area contributed by atoms with Gasteiger partial charge in [0.25, 0.3) is 0 Å². The molecule has 24 heavy (non-hydrogen) atoms. The number of rotatable bonds is 3. The van der Waals surface area contributed by atoms with Gasteiger partial charge in [0.15, 0.2) is 5.89 Å². The number of carbonyl (C=O) groups is 1. The molecular formula is C20H22N2O2. The Morgan fingerprint density at radius 3 is 2.92 bits per heavy atom. The van der Waals surface area contributed by atoms with E-state index in [1.165, 1.54) is 5.56 Å². The first kappa shape index (κ1) is 15.2. The first-order valence-electron chi connectivity index (χ1n) is 8.75. The van der Waals surface area contributed by atoms with Gasteiger partial charge in [-0.15, -0.1) is 0 Å². The zero-order valence-electron chi connectivity index (χ0n) is 13.8. The molecule has 4 rings (SSSR count). The zero-order valence-corrected chi connectivity index (χ0v) is 13.8. The SMILES string of the molecule is O=C(C1CC=CCC1)N1CCc2oc(Cc3ccccc3)nc2C1. The molecule has 1 aromatic carbocycles. The number of carbonyl (C=O) groups excluding carboxylic acids is 1. The van der Waals surface area contributed by atoms with Crippen molar-refractivity contribution in [3.05, 3.63) is 65.4 Å². The van der Waals surface area contributed by atoms with Gasteiger partial charge in [-0.05, 0) is 24.8 Å². The summed E-state index contributed by atoms with van der Waals surface area (Å²) in [6.07, 6.45) is 8.64. The van der Waals surface area contributed by atoms with Crippen LogP contribution in [-0.4, -0.2) is 22.3 Å². The van der Waals surface area contributed by atoms with Gasteiger partial charge >= 0.3 is 0 Å². The molecule has 0 N–H and O–H groups in total. The van der Waals surface area contributed by atoms with Gasteiger partial charge in [0, 0.05) is 25.3 Å². The number of allylic oxidation sites excluding steroid dienone is 2. The van der Waals surface area contributed by atoms with Crippen LogP contribution >= 0.6 is 0 Å². The average molecular weight is 322 g/mol. The molecule has 1 atom stereocenters. The van der Waals surface area contributed by atoms with Crippen molar-refractivity contribution in [1.82, 2.24) is 9.88 Å². The summed E-state index contributed by atoms with van der Waals surface area (Å²) in [7, 11) is 0. The third-order valence-corrected chi connectivity index (χ3v) is 4.90. The molecule has 0 saturated heterocycles. The lowest BCUT2D eigenvalue weighted by atomic mass is 9.92. The molecule has 1 amide bonds. The van der Waals surface area contributed by atoms with E-state index in [0.29, 0.717) is 13.0 Å². The van der Waals surface area contributed by atoms with E-state index in [1.807, 2.05) is 23.1 Å². The minimum absolute atomic E-state index is 0.146. The highest BCUT2D eigenvalue weighted by atomic mass is 16.4. The standard InChI is InChI=1S/C20H22N2O2/c23-20(16-9-5-2-6-10-16)22-12-11-18-17(14-22)21-19(24-18)13-15-7-3-1-4-8-15/h1-5,7-8,16H,6,9-14H2. The molecule has 4 heteroatoms. The second-order valence-electron chi connectivity index (χ2n) is 6.63. The number of fused-ring (bicyclic) bond motifs is 1. The van der Waals surface area contributed by atoms with Gasteiger partial charge < -0.3 is 9.32 Å². The van der Waals surface area contributed by atoms with Gasteiger partial charge in [0.2, 0.25) is 5.91 Å². The summed E-state index contributed by atoms with van der Waals surface area (Å²) in [6, 6.07) is 10.2. The van der Waals surface area contributed by atoms with Crippen LogP contribution in [0.5, 0.6) is 0 Å². The minimum atomic E-state index is 0.146. The third-order valence-electron chi connectivity index (χ3n) is 4.90. The van der Waals surface area contributed by atoms with E-state index in [-0.39, 0.29) is 11.8 Å². The molecule has 0 fully saturated rings. The Kier molecular flexibility index (Phi) is 4.20. The van der Waals surface area contributed by atoms with Crippen molar-refractivity contribution in [3.8, 4) is 0 Å². The second-order valence-corrected chi connectivity index (χ2v) is 6.63. The molecule has 1 aromatic heterocycles. The summed E-state index contributed by atoms with van der Waals surface area (Å²) in [6.45, 7) is 1.33. The monoisotopic (exact) mass is 322 g/mol. The molecule has 0 spiro atoms. The Labute approximate surface area is 142 Å². The fraction of sp³-hybridized carbons (Fsp3) is 0.400. The van der Waals surface area contributed by atoms with E-state index in [1.54, 1.807) is 0 Å². The first-order chi connectivity index (χ1) is 11.8. The predicted octanol–water partition coefficient (Wildman–Crippen LogP) is 3.51. The Morgan fingerprint density at radius 2 is 2.12 bits per heavy atom. The number of hydrogen-bond donors (Lipinski definition) is 0. The molecule has 2 heterocycles. The maximum Gasteiger partial charge on any atom is 0.226 e. The number of hydrogen-bond acceptors (Lipinski definition) is 3. The van der Waals surface area contributed by atoms with Gasteiger partial charge in [0.1, 0.15) is 11.5 Å². The molecule has 4 nitrogen and oxygen atoms in total. The van der Waals surface area contributed by atoms with Gasteiger partial charge in [0.05, 0.1) is 6.54 Å². The van der Waals surface area contributed by atoms with Crippen molar-refractivity contribution >= 4 is 5.91 Å². The largest absolute Gasteiger partial charge is 0.445 e. The number of aromatic nitrogens is 1. The van der Waals surface area contributed by atoms with Gasteiger partial charge in [-0.25, -0.2) is 4.98 Å². The lowest BCUT2D eigenvalue weighted by Gasteiger charge is -2.29. The highest BCUT2D eigenvalue weighted by Gasteiger charge is 2.29. The molecule has 0 saturated carbocycles. The molecule has 1 aliphatic heterocycles. The van der Waals surface area contributed by atoms with Crippen molar-refractivity contribution in [2.45, 2.75) is 38.6 Å². The van der Waals surface area contributed by atoms with Crippen LogP contribution < -0.4 is 0 Å². The van der Waals surface area contributed by atoms with Crippen LogP contribution in [0.1, 0.15) is 42.2 Å². The Balaban J connectivity index is 1.45. The summed E-state index contributed by atoms with van der Waals surface area (Å²) in [5.74, 6) is 2.12. The zero-order chi connectivity index (χ0) is 16.4. The summed E-state index contributed by atoms with van der Waals surface area (Å²) in [5.41, 5.74) is 2.13. The quantitative estimate of drug-likeness (QED) is 0.813. The maximum absolute atomic E-state index is 12.7. The molecule has 2 aliphatic rings. The Morgan fingerprint density at radius 1 is 1.25 bits per heavy atom. The molecule has 1 unspecified atom stereocenters. The van der Waals surface area contributed by atoms with Crippen LogP contribution in [-0.2, 0) is 24.2 Å². The highest BCUT2D eigenvalue weighted by molar-refractivity contribution is 5.79. The molecule has 2 aromatic rings. The molecule has 1 aliphatic carbocycles. The van der Waals surface area contributed by atoms with E-state index in [2.05, 4.69) is 29.3 Å². The summed E-state index contributed by atoms with van der Waals surface area (Å²) >= 11 is 0. The smallest absolute Gasteiger partial charge is 0.226 e.